The van der Waals surface area contributed by atoms with Crippen LogP contribution in [-0.2, 0) is 0 Å². The molecule has 2 aromatic carbocycles. The molecule has 0 unspecified atom stereocenters. The van der Waals surface area contributed by atoms with Gasteiger partial charge in [0.1, 0.15) is 0 Å². The maximum Gasteiger partial charge on any atom is 0.269 e. The van der Waals surface area contributed by atoms with Crippen molar-refractivity contribution in [2.45, 2.75) is 0 Å². The number of nitro groups is 2. The molecule has 2 aromatic rings. The molecular weight excluding hydrogens is 753 g/mol. The second kappa shape index (κ2) is 29.0. The third-order valence-corrected chi connectivity index (χ3v) is 5.37. The Morgan fingerprint density at radius 3 is 0.817 bits per heavy atom. The van der Waals surface area contributed by atoms with E-state index in [2.05, 4.69) is 212 Å². The Balaban J connectivity index is 2.39. The molecule has 2 rings (SSSR count). The van der Waals surface area contributed by atoms with Gasteiger partial charge < -0.3 is 10.6 Å². The largest absolute Gasteiger partial charge is 0.301 e. The number of nitro benzene ring substituents is 2. The molecule has 0 saturated heterocycles. The van der Waals surface area contributed by atoms with Crippen LogP contribution in [-0.4, -0.2) is 21.7 Å². The molecule has 0 aliphatic heterocycles. The van der Waals surface area contributed by atoms with Gasteiger partial charge in [-0.25, -0.2) is 0 Å². The number of amides is 2. The van der Waals surface area contributed by atoms with E-state index in [4.69, 9.17) is 0 Å². The summed E-state index contributed by atoms with van der Waals surface area (Å²) < 4.78 is 0. The van der Waals surface area contributed by atoms with E-state index in [-0.39, 0.29) is 28.3 Å². The summed E-state index contributed by atoms with van der Waals surface area (Å²) in [7, 11) is 0. The van der Waals surface area contributed by atoms with Gasteiger partial charge in [-0.3, -0.25) is 29.8 Å². The van der Waals surface area contributed by atoms with E-state index in [1.165, 1.54) is 24.3 Å². The van der Waals surface area contributed by atoms with Gasteiger partial charge in [0.05, 0.1) is 9.85 Å². The lowest BCUT2D eigenvalue weighted by atomic mass is 10.2. The van der Waals surface area contributed by atoms with Gasteiger partial charge in [0.15, 0.2) is 5.82 Å². The predicted molar refractivity (Wildman–Crippen MR) is 210 cm³/mol. The fourth-order valence-electron chi connectivity index (χ4n) is 3.01. The van der Waals surface area contributed by atoms with Crippen LogP contribution in [0, 0.1) is 20.2 Å². The Kier molecular flexibility index (Phi) is 21.5. The summed E-state index contributed by atoms with van der Waals surface area (Å²) in [6.07, 6.45) is 0. The third kappa shape index (κ3) is 21.1. The third-order valence-electron chi connectivity index (χ3n) is 5.37. The maximum atomic E-state index is 12.7. The first kappa shape index (κ1) is 44.6. The van der Waals surface area contributed by atoms with Gasteiger partial charge in [-0.2, -0.15) is 0 Å². The molecule has 2 N–H and O–H groups in total. The summed E-state index contributed by atoms with van der Waals surface area (Å²) in [4.78, 5) is 46.0. The molecule has 60 heavy (non-hydrogen) atoms. The molecule has 0 radical (unpaired) electrons. The van der Waals surface area contributed by atoms with E-state index in [0.717, 1.165) is 24.3 Å². The zero-order valence-corrected chi connectivity index (χ0v) is 30.2. The highest BCUT2D eigenvalue weighted by Gasteiger charge is 2.14. The molecule has 10 nitrogen and oxygen atoms in total. The van der Waals surface area contributed by atoms with Crippen molar-refractivity contribution in [1.29, 1.82) is 0 Å². The summed E-state index contributed by atoms with van der Waals surface area (Å²) >= 11 is 0. The molecule has 0 fully saturated rings. The second-order valence-corrected chi connectivity index (χ2v) is 9.19. The number of rotatable bonds is 6. The van der Waals surface area contributed by atoms with Crippen molar-refractivity contribution < 1.29 is 19.4 Å². The minimum absolute atomic E-state index is 0.0298. The van der Waals surface area contributed by atoms with Crippen LogP contribution < -0.4 is 10.6 Å². The van der Waals surface area contributed by atoms with Crippen LogP contribution in [0.4, 0.5) is 11.4 Å². The van der Waals surface area contributed by atoms with Gasteiger partial charge >= 0.3 is 0 Å². The second-order valence-electron chi connectivity index (χ2n) is 9.19. The molecule has 0 bridgehead atoms. The summed E-state index contributed by atoms with van der Waals surface area (Å²) in [6.45, 7) is 3.31. The normalized spacial score (nSPS) is 6.53. The number of nitrogens with one attached hydrogen (secondary N) is 2. The van der Waals surface area contributed by atoms with E-state index < -0.39 is 21.7 Å². The summed E-state index contributed by atoms with van der Waals surface area (Å²) in [6, 6.07) is 9.36. The molecule has 0 aliphatic rings. The highest BCUT2D eigenvalue weighted by Crippen LogP contribution is 2.13. The smallest absolute Gasteiger partial charge is 0.269 e. The zero-order valence-electron chi connectivity index (χ0n) is 30.2. The molecule has 0 aromatic heterocycles. The number of hydrogen-bond acceptors (Lipinski definition) is 6. The first-order valence-corrected chi connectivity index (χ1v) is 15.6. The summed E-state index contributed by atoms with van der Waals surface area (Å²) in [5.41, 5.74) is 83.2. The standard InChI is InChI=1S/C50H12N4O6/c1-2-3-4-5-6-7-8-9-10-11-12-13-14-15-16-17-18-19-20-21-22-23-24-25-26-27-28-29-30-31-32-33-34-35-48(51-49(55)44-36-40-46(41-37-44)53(57)58)52-50(56)45-38-42-47(43-39-45)54(59)60/h36-43H,1H2,(H,51,55)(H,52,56). The molecular formula is C50H12N4O6. The highest BCUT2D eigenvalue weighted by molar-refractivity contribution is 5.98. The van der Waals surface area contributed by atoms with Crippen molar-refractivity contribution in [3.63, 3.8) is 0 Å². The van der Waals surface area contributed by atoms with Gasteiger partial charge in [0.2, 0.25) is 0 Å². The van der Waals surface area contributed by atoms with E-state index in [0.29, 0.717) is 0 Å². The number of carbonyl (C=O) groups is 2. The van der Waals surface area contributed by atoms with Gasteiger partial charge in [0.25, 0.3) is 23.2 Å². The quantitative estimate of drug-likeness (QED) is 0.178. The maximum absolute atomic E-state index is 12.7. The van der Waals surface area contributed by atoms with Crippen LogP contribution in [0.1, 0.15) is 20.7 Å². The number of carbonyl (C=O) groups excluding carboxylic acids is 2. The Labute approximate surface area is 339 Å². The fourth-order valence-corrected chi connectivity index (χ4v) is 3.01. The molecule has 0 heterocycles. The van der Waals surface area contributed by atoms with E-state index >= 15 is 0 Å². The van der Waals surface area contributed by atoms with Crippen molar-refractivity contribution >= 4 is 23.2 Å². The fraction of sp³-hybridized carbons (Fsp3) is 0. The molecule has 0 atom stereocenters. The Morgan fingerprint density at radius 1 is 0.383 bits per heavy atom. The number of non-ortho nitro benzene ring substituents is 2. The first-order valence-electron chi connectivity index (χ1n) is 15.6. The van der Waals surface area contributed by atoms with Crippen LogP contribution >= 0.6 is 0 Å². The van der Waals surface area contributed by atoms with Crippen molar-refractivity contribution in [2.24, 2.45) is 0 Å². The van der Waals surface area contributed by atoms with E-state index in [1.54, 1.807) is 0 Å². The summed E-state index contributed by atoms with van der Waals surface area (Å²) in [5, 5.41) is 26.6. The number of nitrogens with zero attached hydrogens (tertiary/aromatic N) is 2. The number of hydrogen-bond donors (Lipinski definition) is 2. The van der Waals surface area contributed by atoms with Crippen molar-refractivity contribution in [2.75, 3.05) is 0 Å². The van der Waals surface area contributed by atoms with Crippen LogP contribution in [0.2, 0.25) is 0 Å². The van der Waals surface area contributed by atoms with Crippen LogP contribution in [0.15, 0.2) is 256 Å². The topological polar surface area (TPSA) is 144 Å². The lowest BCUT2D eigenvalue weighted by Crippen LogP contribution is -2.34. The lowest BCUT2D eigenvalue weighted by molar-refractivity contribution is -0.385. The average molecular weight is 765 g/mol. The number of benzene rings is 2. The monoisotopic (exact) mass is 764 g/mol. The Hall–Kier alpha value is -11.6. The van der Waals surface area contributed by atoms with Crippen molar-refractivity contribution in [1.82, 2.24) is 10.6 Å². The van der Waals surface area contributed by atoms with Crippen molar-refractivity contribution in [3.05, 3.63) is 287 Å². The Bertz CT molecular complexity index is 3510. The first-order chi connectivity index (χ1) is 29.3. The molecule has 0 spiro atoms. The van der Waals surface area contributed by atoms with E-state index in [1.807, 2.05) is 0 Å². The summed E-state index contributed by atoms with van der Waals surface area (Å²) in [5.74, 6) is -1.79. The molecule has 2 amide bonds. The minimum atomic E-state index is -0.749. The molecule has 0 saturated carbocycles. The van der Waals surface area contributed by atoms with Crippen LogP contribution in [0.5, 0.6) is 0 Å². The SMILES string of the molecule is C=C=C=C=C=C=C=C=C=C=C=C=C=C=C=C=C=C=C=C=C=C=C=C=C=C=C=C=C=C=C=C=C=C=C=C(NC(=O)c1ccc([N+](=O)[O-])cc1)NC(=O)c1ccc([N+](=O)[O-])cc1. The van der Waals surface area contributed by atoms with Gasteiger partial charge in [-0.1, -0.05) is 5.73 Å². The van der Waals surface area contributed by atoms with Crippen LogP contribution in [0.25, 0.3) is 0 Å². The van der Waals surface area contributed by atoms with Crippen LogP contribution in [0.3, 0.4) is 0 Å². The Morgan fingerprint density at radius 2 is 0.600 bits per heavy atom. The highest BCUT2D eigenvalue weighted by atomic mass is 16.6. The molecule has 10 heteroatoms. The van der Waals surface area contributed by atoms with Crippen molar-refractivity contribution in [3.8, 4) is 0 Å². The van der Waals surface area contributed by atoms with Gasteiger partial charge in [-0.15, -0.1) is 0 Å². The molecule has 268 valence electrons. The minimum Gasteiger partial charge on any atom is -0.301 e. The lowest BCUT2D eigenvalue weighted by Gasteiger charge is -2.09. The van der Waals surface area contributed by atoms with Gasteiger partial charge in [0, 0.05) is 127 Å². The van der Waals surface area contributed by atoms with E-state index in [9.17, 15) is 29.8 Å². The predicted octanol–water partition coefficient (Wildman–Crippen LogP) is 7.41. The zero-order chi connectivity index (χ0) is 43.3. The molecule has 0 aliphatic carbocycles. The average Bonchev–Trinajstić information content (AvgIpc) is 3.25. The van der Waals surface area contributed by atoms with Gasteiger partial charge in [-0.05, 0) is 128 Å².